The lowest BCUT2D eigenvalue weighted by Crippen LogP contribution is -2.43. The summed E-state index contributed by atoms with van der Waals surface area (Å²) in [6.07, 6.45) is 2.73. The van der Waals surface area contributed by atoms with Crippen LogP contribution in [0.3, 0.4) is 0 Å². The molecule has 1 N–H and O–H groups in total. The minimum atomic E-state index is -2.76. The number of nitrogens with one attached hydrogen (secondary N) is 1. The highest BCUT2D eigenvalue weighted by atomic mass is 19.3. The molecular formula is C35H40F3N7O4. The highest BCUT2D eigenvalue weighted by Gasteiger charge is 2.31. The molecule has 0 aliphatic carbocycles. The van der Waals surface area contributed by atoms with E-state index in [1.165, 1.54) is 30.3 Å². The van der Waals surface area contributed by atoms with Crippen LogP contribution in [0.1, 0.15) is 73.6 Å². The highest BCUT2D eigenvalue weighted by molar-refractivity contribution is 6.05. The van der Waals surface area contributed by atoms with Crippen molar-refractivity contribution in [3.8, 4) is 5.75 Å². The number of anilines is 2. The first-order valence-electron chi connectivity index (χ1n) is 16.7. The van der Waals surface area contributed by atoms with E-state index in [9.17, 15) is 23.7 Å². The number of nitro groups is 1. The molecule has 2 aliphatic heterocycles. The van der Waals surface area contributed by atoms with Gasteiger partial charge < -0.3 is 24.3 Å². The van der Waals surface area contributed by atoms with E-state index in [4.69, 9.17) is 9.72 Å². The van der Waals surface area contributed by atoms with Gasteiger partial charge in [-0.1, -0.05) is 6.07 Å². The first kappa shape index (κ1) is 34.2. The number of halogens is 3. The number of benzene rings is 1. The van der Waals surface area contributed by atoms with Gasteiger partial charge in [0.2, 0.25) is 0 Å². The number of nitro benzene ring substituents is 1. The number of pyridine rings is 2. The van der Waals surface area contributed by atoms with Crippen molar-refractivity contribution in [3.63, 3.8) is 0 Å². The van der Waals surface area contributed by atoms with E-state index in [0.717, 1.165) is 63.2 Å². The van der Waals surface area contributed by atoms with Crippen LogP contribution in [0.15, 0.2) is 60.9 Å². The van der Waals surface area contributed by atoms with Gasteiger partial charge >= 0.3 is 0 Å². The molecule has 6 rings (SSSR count). The lowest BCUT2D eigenvalue weighted by atomic mass is 9.90. The number of amides is 1. The van der Waals surface area contributed by atoms with E-state index in [0.29, 0.717) is 17.9 Å². The van der Waals surface area contributed by atoms with Crippen molar-refractivity contribution in [1.82, 2.24) is 19.3 Å². The molecule has 1 aromatic carbocycles. The van der Waals surface area contributed by atoms with Gasteiger partial charge in [-0.05, 0) is 82.8 Å². The number of imidazole rings is 1. The van der Waals surface area contributed by atoms with Crippen LogP contribution in [0.4, 0.5) is 30.4 Å². The summed E-state index contributed by atoms with van der Waals surface area (Å²) < 4.78 is 49.5. The van der Waals surface area contributed by atoms with Crippen LogP contribution in [0.2, 0.25) is 0 Å². The first-order valence-corrected chi connectivity index (χ1v) is 16.7. The Morgan fingerprint density at radius 2 is 1.71 bits per heavy atom. The zero-order valence-electron chi connectivity index (χ0n) is 27.5. The molecule has 0 saturated carbocycles. The molecule has 4 aromatic rings. The van der Waals surface area contributed by atoms with Gasteiger partial charge in [0.1, 0.15) is 29.1 Å². The second kappa shape index (κ2) is 14.8. The second-order valence-corrected chi connectivity index (χ2v) is 13.0. The Labute approximate surface area is 282 Å². The van der Waals surface area contributed by atoms with Crippen molar-refractivity contribution < 1.29 is 27.6 Å². The van der Waals surface area contributed by atoms with E-state index < -0.39 is 29.1 Å². The van der Waals surface area contributed by atoms with Gasteiger partial charge in [0.15, 0.2) is 0 Å². The Morgan fingerprint density at radius 1 is 1.00 bits per heavy atom. The molecule has 0 radical (unpaired) electrons. The zero-order valence-corrected chi connectivity index (χ0v) is 27.5. The van der Waals surface area contributed by atoms with Crippen LogP contribution in [0.5, 0.6) is 5.75 Å². The molecule has 1 atom stereocenters. The Hall–Kier alpha value is -4.72. The van der Waals surface area contributed by atoms with E-state index in [1.54, 1.807) is 28.8 Å². The number of fused-ring (bicyclic) bond motifs is 1. The van der Waals surface area contributed by atoms with Gasteiger partial charge in [-0.25, -0.2) is 23.1 Å². The third-order valence-corrected chi connectivity index (χ3v) is 9.33. The minimum Gasteiger partial charge on any atom is -0.490 e. The fourth-order valence-corrected chi connectivity index (χ4v) is 6.69. The predicted octanol–water partition coefficient (Wildman–Crippen LogP) is 7.05. The molecule has 5 heterocycles. The number of rotatable bonds is 11. The van der Waals surface area contributed by atoms with Crippen molar-refractivity contribution in [1.29, 1.82) is 0 Å². The number of ether oxygens (including phenoxy) is 1. The maximum Gasteiger partial charge on any atom is 0.280 e. The van der Waals surface area contributed by atoms with Gasteiger partial charge in [0.25, 0.3) is 18.0 Å². The Bertz CT molecular complexity index is 1770. The molecule has 0 spiro atoms. The van der Waals surface area contributed by atoms with Gasteiger partial charge in [-0.3, -0.25) is 14.9 Å². The standard InChI is InChI=1S/C35H40F3N7O4/c1-22(2)49-31-18-33-40-30(21-44(33)19-27(31)35(46)41-32-5-3-4-29(39-32)34(37)38)24-10-14-42(15-11-24)20-28(36)23-12-16-43(17-13-23)25-6-8-26(9-7-25)45(47)48/h3-9,18-19,21-24,28,34H,10-17,20H2,1-2H3,(H,39,41,46). The molecule has 11 nitrogen and oxygen atoms in total. The second-order valence-electron chi connectivity index (χ2n) is 13.0. The minimum absolute atomic E-state index is 0.0136. The largest absolute Gasteiger partial charge is 0.490 e. The molecule has 1 unspecified atom stereocenters. The number of hydrogen-bond donors (Lipinski definition) is 1. The summed E-state index contributed by atoms with van der Waals surface area (Å²) in [6.45, 7) is 7.02. The van der Waals surface area contributed by atoms with Crippen molar-refractivity contribution in [2.24, 2.45) is 5.92 Å². The first-order chi connectivity index (χ1) is 23.5. The molecule has 2 aliphatic rings. The van der Waals surface area contributed by atoms with E-state index in [1.807, 2.05) is 20.0 Å². The monoisotopic (exact) mass is 679 g/mol. The van der Waals surface area contributed by atoms with Crippen LogP contribution in [-0.4, -0.2) is 75.1 Å². The SMILES string of the molecule is CC(C)Oc1cc2nc(C3CCN(CC(F)C4CCN(c5ccc([N+](=O)[O-])cc5)CC4)CC3)cn2cc1C(=O)Nc1cccc(C(F)F)n1. The topological polar surface area (TPSA) is 118 Å². The zero-order chi connectivity index (χ0) is 34.7. The number of hydrogen-bond acceptors (Lipinski definition) is 8. The number of carbonyl (C=O) groups is 1. The smallest absolute Gasteiger partial charge is 0.280 e. The molecule has 49 heavy (non-hydrogen) atoms. The molecule has 2 fully saturated rings. The molecule has 14 heteroatoms. The molecule has 0 bridgehead atoms. The average molecular weight is 680 g/mol. The van der Waals surface area contributed by atoms with Crippen LogP contribution in [-0.2, 0) is 0 Å². The summed E-state index contributed by atoms with van der Waals surface area (Å²) >= 11 is 0. The molecule has 1 amide bonds. The predicted molar refractivity (Wildman–Crippen MR) is 179 cm³/mol. The fourth-order valence-electron chi connectivity index (χ4n) is 6.69. The van der Waals surface area contributed by atoms with E-state index in [-0.39, 0.29) is 35.0 Å². The number of piperidine rings is 2. The van der Waals surface area contributed by atoms with Gasteiger partial charge in [0.05, 0.1) is 22.3 Å². The Morgan fingerprint density at radius 3 is 2.37 bits per heavy atom. The number of alkyl halides is 3. The molecule has 3 aromatic heterocycles. The number of carbonyl (C=O) groups excluding carboxylic acids is 1. The third kappa shape index (κ3) is 8.12. The quantitative estimate of drug-likeness (QED) is 0.132. The summed E-state index contributed by atoms with van der Waals surface area (Å²) in [5, 5.41) is 13.6. The fraction of sp³-hybridized carbons (Fsp3) is 0.457. The van der Waals surface area contributed by atoms with Crippen molar-refractivity contribution in [2.75, 3.05) is 42.9 Å². The summed E-state index contributed by atoms with van der Waals surface area (Å²) in [4.78, 5) is 36.9. The van der Waals surface area contributed by atoms with Crippen molar-refractivity contribution in [3.05, 3.63) is 88.0 Å². The number of likely N-dealkylation sites (tertiary alicyclic amines) is 1. The highest BCUT2D eigenvalue weighted by Crippen LogP contribution is 2.32. The maximum atomic E-state index is 15.5. The lowest BCUT2D eigenvalue weighted by Gasteiger charge is -2.37. The summed E-state index contributed by atoms with van der Waals surface area (Å²) in [5.74, 6) is -0.0580. The van der Waals surface area contributed by atoms with Gasteiger partial charge in [-0.2, -0.15) is 0 Å². The lowest BCUT2D eigenvalue weighted by molar-refractivity contribution is -0.384. The number of aromatic nitrogens is 3. The van der Waals surface area contributed by atoms with Gasteiger partial charge in [-0.15, -0.1) is 0 Å². The van der Waals surface area contributed by atoms with E-state index >= 15 is 4.39 Å². The maximum absolute atomic E-state index is 15.5. The van der Waals surface area contributed by atoms with Crippen LogP contribution < -0.4 is 15.0 Å². The molecule has 2 saturated heterocycles. The third-order valence-electron chi connectivity index (χ3n) is 9.33. The summed E-state index contributed by atoms with van der Waals surface area (Å²) in [7, 11) is 0. The molecular weight excluding hydrogens is 639 g/mol. The van der Waals surface area contributed by atoms with Crippen LogP contribution >= 0.6 is 0 Å². The van der Waals surface area contributed by atoms with Crippen molar-refractivity contribution >= 4 is 28.7 Å². The van der Waals surface area contributed by atoms with Crippen LogP contribution in [0, 0.1) is 16.0 Å². The normalized spacial score (nSPS) is 17.2. The summed E-state index contributed by atoms with van der Waals surface area (Å²) in [5.41, 5.74) is 2.27. The molecule has 260 valence electrons. The van der Waals surface area contributed by atoms with Gasteiger partial charge in [0, 0.05) is 61.8 Å². The summed E-state index contributed by atoms with van der Waals surface area (Å²) in [6, 6.07) is 12.3. The number of nitrogens with zero attached hydrogens (tertiary/aromatic N) is 6. The average Bonchev–Trinajstić information content (AvgIpc) is 3.51. The number of non-ortho nitro benzene ring substituents is 1. The van der Waals surface area contributed by atoms with E-state index in [2.05, 4.69) is 20.1 Å². The van der Waals surface area contributed by atoms with Crippen molar-refractivity contribution in [2.45, 2.75) is 64.1 Å². The Balaban J connectivity index is 1.05. The Kier molecular flexibility index (Phi) is 10.3. The van der Waals surface area contributed by atoms with Crippen LogP contribution in [0.25, 0.3) is 5.65 Å².